The quantitative estimate of drug-likeness (QED) is 0.540. The maximum atomic E-state index is 11.7. The number of hydrogen-bond acceptors (Lipinski definition) is 5. The van der Waals surface area contributed by atoms with Gasteiger partial charge in [-0.2, -0.15) is 0 Å². The van der Waals surface area contributed by atoms with Crippen molar-refractivity contribution in [3.05, 3.63) is 0 Å². The Hall–Kier alpha value is -1.15. The van der Waals surface area contributed by atoms with Crippen molar-refractivity contribution in [1.82, 2.24) is 5.32 Å². The van der Waals surface area contributed by atoms with Gasteiger partial charge >= 0.3 is 5.97 Å². The van der Waals surface area contributed by atoms with E-state index in [2.05, 4.69) is 5.32 Å². The van der Waals surface area contributed by atoms with E-state index in [0.717, 1.165) is 19.8 Å². The minimum Gasteiger partial charge on any atom is -0.480 e. The summed E-state index contributed by atoms with van der Waals surface area (Å²) in [5.74, 6) is -2.83. The van der Waals surface area contributed by atoms with E-state index in [1.54, 1.807) is 0 Å². The van der Waals surface area contributed by atoms with Crippen LogP contribution in [0.15, 0.2) is 0 Å². The Morgan fingerprint density at radius 2 is 1.95 bits per heavy atom. The molecule has 0 rings (SSSR count). The lowest BCUT2D eigenvalue weighted by molar-refractivity contribution is -0.140. The zero-order chi connectivity index (χ0) is 14.9. The Morgan fingerprint density at radius 1 is 1.32 bits per heavy atom. The van der Waals surface area contributed by atoms with Gasteiger partial charge in [-0.1, -0.05) is 13.3 Å². The Balaban J connectivity index is 4.24. The summed E-state index contributed by atoms with van der Waals surface area (Å²) in [6.07, 6.45) is 1.81. The Kier molecular flexibility index (Phi) is 8.33. The van der Waals surface area contributed by atoms with Gasteiger partial charge in [-0.3, -0.25) is 4.79 Å². The van der Waals surface area contributed by atoms with Gasteiger partial charge in [-0.05, 0) is 6.42 Å². The molecule has 0 fully saturated rings. The summed E-state index contributed by atoms with van der Waals surface area (Å²) in [4.78, 5) is 21.6. The summed E-state index contributed by atoms with van der Waals surface area (Å²) in [6, 6.07) is -1.42. The Bertz CT molecular complexity index is 392. The van der Waals surface area contributed by atoms with Crippen molar-refractivity contribution in [2.75, 3.05) is 24.7 Å². The molecule has 0 aromatic heterocycles. The van der Waals surface area contributed by atoms with E-state index in [1.165, 1.54) is 0 Å². The molecular weight excluding hydrogens is 274 g/mol. The van der Waals surface area contributed by atoms with Crippen LogP contribution in [0.3, 0.4) is 0 Å². The van der Waals surface area contributed by atoms with Crippen LogP contribution in [0, 0.1) is 0 Å². The largest absolute Gasteiger partial charge is 0.480 e. The van der Waals surface area contributed by atoms with E-state index in [0.29, 0.717) is 6.61 Å². The molecule has 0 radical (unpaired) electrons. The number of hydrogen-bond donors (Lipinski definition) is 2. The molecule has 0 heterocycles. The summed E-state index contributed by atoms with van der Waals surface area (Å²) in [5, 5.41) is 10.9. The lowest BCUT2D eigenvalue weighted by atomic mass is 10.3. The maximum Gasteiger partial charge on any atom is 0.327 e. The molecule has 0 aliphatic rings. The van der Waals surface area contributed by atoms with Crippen LogP contribution in [0.1, 0.15) is 26.7 Å². The highest BCUT2D eigenvalue weighted by atomic mass is 32.2. The lowest BCUT2D eigenvalue weighted by Gasteiger charge is -2.13. The first-order chi connectivity index (χ1) is 8.78. The predicted molar refractivity (Wildman–Crippen MR) is 69.6 cm³/mol. The number of rotatable bonds is 10. The molecule has 0 aromatic carbocycles. The monoisotopic (exact) mass is 295 g/mol. The van der Waals surface area contributed by atoms with Crippen molar-refractivity contribution >= 4 is 21.7 Å². The molecule has 0 saturated carbocycles. The molecule has 0 bridgehead atoms. The number of carbonyl (C=O) groups excluding carboxylic acids is 1. The summed E-state index contributed by atoms with van der Waals surface area (Å²) >= 11 is 0. The second kappa shape index (κ2) is 8.87. The molecule has 7 nitrogen and oxygen atoms in total. The van der Waals surface area contributed by atoms with Crippen molar-refractivity contribution in [3.63, 3.8) is 0 Å². The van der Waals surface area contributed by atoms with E-state index in [4.69, 9.17) is 9.84 Å². The Labute approximate surface area is 113 Å². The summed E-state index contributed by atoms with van der Waals surface area (Å²) < 4.78 is 28.4. The van der Waals surface area contributed by atoms with Gasteiger partial charge in [-0.25, -0.2) is 13.2 Å². The Morgan fingerprint density at radius 3 is 2.42 bits per heavy atom. The SMILES string of the molecule is CCCCOCCS(=O)(=O)C[C@H](NC(C)=O)C(=O)O. The van der Waals surface area contributed by atoms with E-state index in [1.807, 2.05) is 6.92 Å². The second-order valence-corrected chi connectivity index (χ2v) is 6.40. The van der Waals surface area contributed by atoms with Crippen LogP contribution in [-0.4, -0.2) is 56.2 Å². The van der Waals surface area contributed by atoms with Gasteiger partial charge in [0.1, 0.15) is 6.04 Å². The fourth-order valence-corrected chi connectivity index (χ4v) is 2.56. The first-order valence-corrected chi connectivity index (χ1v) is 7.88. The average Bonchev–Trinajstić information content (AvgIpc) is 2.26. The summed E-state index contributed by atoms with van der Waals surface area (Å²) in [7, 11) is -3.58. The molecule has 0 unspecified atom stereocenters. The molecule has 0 aromatic rings. The summed E-state index contributed by atoms with van der Waals surface area (Å²) in [5.41, 5.74) is 0. The number of sulfone groups is 1. The fraction of sp³-hybridized carbons (Fsp3) is 0.818. The number of amides is 1. The molecule has 1 atom stereocenters. The number of carbonyl (C=O) groups is 2. The van der Waals surface area contributed by atoms with Crippen molar-refractivity contribution in [2.24, 2.45) is 0 Å². The third kappa shape index (κ3) is 9.43. The third-order valence-electron chi connectivity index (χ3n) is 2.28. The number of carboxylic acids is 1. The van der Waals surface area contributed by atoms with Gasteiger partial charge in [0.15, 0.2) is 9.84 Å². The highest BCUT2D eigenvalue weighted by Gasteiger charge is 2.25. The minimum absolute atomic E-state index is 0.0365. The normalized spacial score (nSPS) is 12.9. The topological polar surface area (TPSA) is 110 Å². The van der Waals surface area contributed by atoms with Gasteiger partial charge in [-0.15, -0.1) is 0 Å². The molecule has 2 N–H and O–H groups in total. The molecule has 112 valence electrons. The van der Waals surface area contributed by atoms with E-state index < -0.39 is 33.5 Å². The zero-order valence-electron chi connectivity index (χ0n) is 11.2. The number of ether oxygens (including phenoxy) is 1. The van der Waals surface area contributed by atoms with Crippen LogP contribution in [0.5, 0.6) is 0 Å². The van der Waals surface area contributed by atoms with E-state index in [-0.39, 0.29) is 12.4 Å². The molecule has 0 spiro atoms. The van der Waals surface area contributed by atoms with Crippen molar-refractivity contribution in [1.29, 1.82) is 0 Å². The lowest BCUT2D eigenvalue weighted by Crippen LogP contribution is -2.45. The first-order valence-electron chi connectivity index (χ1n) is 6.06. The van der Waals surface area contributed by atoms with Crippen LogP contribution < -0.4 is 5.32 Å². The van der Waals surface area contributed by atoms with Crippen LogP contribution in [0.2, 0.25) is 0 Å². The van der Waals surface area contributed by atoms with E-state index in [9.17, 15) is 18.0 Å². The molecular formula is C11H21NO6S. The second-order valence-electron chi connectivity index (χ2n) is 4.17. The standard InChI is InChI=1S/C11H21NO6S/c1-3-4-5-18-6-7-19(16,17)8-10(11(14)15)12-9(2)13/h10H,3-8H2,1-2H3,(H,12,13)(H,14,15)/t10-/m0/s1. The van der Waals surface area contributed by atoms with Crippen molar-refractivity contribution in [3.8, 4) is 0 Å². The summed E-state index contributed by atoms with van der Waals surface area (Å²) in [6.45, 7) is 3.65. The molecule has 1 amide bonds. The van der Waals surface area contributed by atoms with Crippen molar-refractivity contribution in [2.45, 2.75) is 32.7 Å². The van der Waals surface area contributed by atoms with Gasteiger partial charge in [0.2, 0.25) is 5.91 Å². The zero-order valence-corrected chi connectivity index (χ0v) is 12.0. The molecule has 0 aliphatic carbocycles. The minimum atomic E-state index is -3.58. The predicted octanol–water partition coefficient (Wildman–Crippen LogP) is -0.193. The van der Waals surface area contributed by atoms with Gasteiger partial charge < -0.3 is 15.2 Å². The van der Waals surface area contributed by atoms with Crippen LogP contribution in [0.4, 0.5) is 0 Å². The molecule has 0 aliphatic heterocycles. The number of unbranched alkanes of at least 4 members (excludes halogenated alkanes) is 1. The van der Waals surface area contributed by atoms with Crippen LogP contribution in [-0.2, 0) is 24.2 Å². The van der Waals surface area contributed by atoms with E-state index >= 15 is 0 Å². The van der Waals surface area contributed by atoms with Crippen LogP contribution >= 0.6 is 0 Å². The van der Waals surface area contributed by atoms with Crippen molar-refractivity contribution < 1.29 is 27.9 Å². The highest BCUT2D eigenvalue weighted by molar-refractivity contribution is 7.91. The smallest absolute Gasteiger partial charge is 0.327 e. The first kappa shape index (κ1) is 17.8. The molecule has 19 heavy (non-hydrogen) atoms. The molecule has 8 heteroatoms. The molecule has 0 saturated heterocycles. The average molecular weight is 295 g/mol. The van der Waals surface area contributed by atoms with Gasteiger partial charge in [0.25, 0.3) is 0 Å². The number of carboxylic acid groups (broad SMARTS) is 1. The highest BCUT2D eigenvalue weighted by Crippen LogP contribution is 1.98. The fourth-order valence-electron chi connectivity index (χ4n) is 1.29. The third-order valence-corrected chi connectivity index (χ3v) is 3.91. The number of aliphatic carboxylic acids is 1. The number of nitrogens with one attached hydrogen (secondary N) is 1. The maximum absolute atomic E-state index is 11.7. The van der Waals surface area contributed by atoms with Crippen LogP contribution in [0.25, 0.3) is 0 Å². The van der Waals surface area contributed by atoms with Gasteiger partial charge in [0.05, 0.1) is 18.1 Å². The van der Waals surface area contributed by atoms with Gasteiger partial charge in [0, 0.05) is 13.5 Å².